The Kier molecular flexibility index (Phi) is 7.67. The molecule has 0 aliphatic carbocycles. The van der Waals surface area contributed by atoms with Gasteiger partial charge in [-0.15, -0.1) is 0 Å². The van der Waals surface area contributed by atoms with Crippen molar-refractivity contribution in [2.45, 2.75) is 32.9 Å². The molecule has 1 heterocycles. The van der Waals surface area contributed by atoms with E-state index in [-0.39, 0.29) is 5.91 Å². The minimum absolute atomic E-state index is 0.0371. The van der Waals surface area contributed by atoms with Gasteiger partial charge in [-0.3, -0.25) is 14.6 Å². The van der Waals surface area contributed by atoms with Crippen molar-refractivity contribution in [2.24, 2.45) is 0 Å². The summed E-state index contributed by atoms with van der Waals surface area (Å²) in [7, 11) is 1.99. The normalized spacial score (nSPS) is 16.1. The fourth-order valence-corrected chi connectivity index (χ4v) is 3.66. The highest BCUT2D eigenvalue weighted by molar-refractivity contribution is 5.92. The highest BCUT2D eigenvalue weighted by Crippen LogP contribution is 2.20. The van der Waals surface area contributed by atoms with Gasteiger partial charge in [-0.2, -0.15) is 0 Å². The standard InChI is InChI=1S/C24H34N4O/c1-4-20(2)26(3)19-24(29)25-22-10-12-23(13-11-22)28-16-14-27(15-17-28)18-21-8-6-5-7-9-21/h5-13,20H,4,14-19H2,1-3H3,(H,25,29). The second kappa shape index (κ2) is 10.4. The van der Waals surface area contributed by atoms with E-state index in [0.717, 1.165) is 44.8 Å². The molecule has 5 nitrogen and oxygen atoms in total. The van der Waals surface area contributed by atoms with E-state index in [1.807, 2.05) is 19.2 Å². The minimum Gasteiger partial charge on any atom is -0.369 e. The average Bonchev–Trinajstić information content (AvgIpc) is 2.75. The molecule has 1 aliphatic rings. The molecule has 1 saturated heterocycles. The molecular weight excluding hydrogens is 360 g/mol. The van der Waals surface area contributed by atoms with E-state index in [1.54, 1.807) is 0 Å². The SMILES string of the molecule is CCC(C)N(C)CC(=O)Nc1ccc(N2CCN(Cc3ccccc3)CC2)cc1. The molecule has 29 heavy (non-hydrogen) atoms. The van der Waals surface area contributed by atoms with Gasteiger partial charge in [0.05, 0.1) is 6.54 Å². The fraction of sp³-hybridized carbons (Fsp3) is 0.458. The summed E-state index contributed by atoms with van der Waals surface area (Å²) in [5.41, 5.74) is 3.46. The Bertz CT molecular complexity index is 754. The zero-order chi connectivity index (χ0) is 20.6. The molecule has 2 aromatic rings. The third kappa shape index (κ3) is 6.31. The van der Waals surface area contributed by atoms with E-state index < -0.39 is 0 Å². The summed E-state index contributed by atoms with van der Waals surface area (Å²) in [6, 6.07) is 19.3. The third-order valence-electron chi connectivity index (χ3n) is 5.87. The summed E-state index contributed by atoms with van der Waals surface area (Å²) >= 11 is 0. The van der Waals surface area contributed by atoms with Crippen LogP contribution in [0.15, 0.2) is 54.6 Å². The van der Waals surface area contributed by atoms with Gasteiger partial charge >= 0.3 is 0 Å². The molecule has 0 radical (unpaired) electrons. The second-order valence-corrected chi connectivity index (χ2v) is 8.02. The molecule has 1 amide bonds. The number of anilines is 2. The molecule has 156 valence electrons. The second-order valence-electron chi connectivity index (χ2n) is 8.02. The van der Waals surface area contributed by atoms with Crippen molar-refractivity contribution in [1.82, 2.24) is 9.80 Å². The van der Waals surface area contributed by atoms with Crippen LogP contribution in [0.1, 0.15) is 25.8 Å². The lowest BCUT2D eigenvalue weighted by molar-refractivity contribution is -0.117. The van der Waals surface area contributed by atoms with Gasteiger partial charge in [-0.05, 0) is 50.2 Å². The predicted octanol–water partition coefficient (Wildman–Crippen LogP) is 3.68. The number of likely N-dealkylation sites (N-methyl/N-ethyl adjacent to an activating group) is 1. The van der Waals surface area contributed by atoms with Crippen LogP contribution in [-0.2, 0) is 11.3 Å². The van der Waals surface area contributed by atoms with Gasteiger partial charge in [0.2, 0.25) is 5.91 Å². The van der Waals surface area contributed by atoms with E-state index in [1.165, 1.54) is 11.3 Å². The number of benzene rings is 2. The third-order valence-corrected chi connectivity index (χ3v) is 5.87. The number of nitrogens with one attached hydrogen (secondary N) is 1. The molecule has 0 saturated carbocycles. The number of rotatable bonds is 8. The maximum Gasteiger partial charge on any atom is 0.238 e. The van der Waals surface area contributed by atoms with Gasteiger partial charge in [0.15, 0.2) is 0 Å². The molecule has 1 atom stereocenters. The Labute approximate surface area is 175 Å². The first-order valence-corrected chi connectivity index (χ1v) is 10.7. The fourth-order valence-electron chi connectivity index (χ4n) is 3.66. The van der Waals surface area contributed by atoms with Crippen LogP contribution in [0.4, 0.5) is 11.4 Å². The molecule has 1 aliphatic heterocycles. The van der Waals surface area contributed by atoms with E-state index >= 15 is 0 Å². The Balaban J connectivity index is 1.46. The molecule has 5 heteroatoms. The van der Waals surface area contributed by atoms with Crippen molar-refractivity contribution in [3.05, 3.63) is 60.2 Å². The van der Waals surface area contributed by atoms with Gasteiger partial charge < -0.3 is 10.2 Å². The Hall–Kier alpha value is -2.37. The first kappa shape index (κ1) is 21.3. The summed E-state index contributed by atoms with van der Waals surface area (Å²) < 4.78 is 0. The van der Waals surface area contributed by atoms with E-state index in [9.17, 15) is 4.79 Å². The first-order chi connectivity index (χ1) is 14.0. The first-order valence-electron chi connectivity index (χ1n) is 10.7. The largest absolute Gasteiger partial charge is 0.369 e. The van der Waals surface area contributed by atoms with Crippen LogP contribution in [0.3, 0.4) is 0 Å². The zero-order valence-electron chi connectivity index (χ0n) is 18.0. The van der Waals surface area contributed by atoms with Gasteiger partial charge in [0.1, 0.15) is 0 Å². The molecule has 0 spiro atoms. The van der Waals surface area contributed by atoms with Crippen LogP contribution < -0.4 is 10.2 Å². The van der Waals surface area contributed by atoms with Gasteiger partial charge in [0.25, 0.3) is 0 Å². The monoisotopic (exact) mass is 394 g/mol. The smallest absolute Gasteiger partial charge is 0.238 e. The quantitative estimate of drug-likeness (QED) is 0.741. The van der Waals surface area contributed by atoms with Crippen LogP contribution in [0, 0.1) is 0 Å². The molecule has 0 aromatic heterocycles. The Morgan fingerprint density at radius 3 is 2.31 bits per heavy atom. The summed E-state index contributed by atoms with van der Waals surface area (Å²) in [5.74, 6) is 0.0371. The van der Waals surface area contributed by atoms with Crippen LogP contribution in [-0.4, -0.2) is 61.5 Å². The van der Waals surface area contributed by atoms with Crippen LogP contribution in [0.5, 0.6) is 0 Å². The number of carbonyl (C=O) groups excluding carboxylic acids is 1. The molecule has 0 bridgehead atoms. The van der Waals surface area contributed by atoms with Crippen molar-refractivity contribution in [2.75, 3.05) is 50.0 Å². The van der Waals surface area contributed by atoms with Gasteiger partial charge in [0, 0.05) is 50.1 Å². The highest BCUT2D eigenvalue weighted by Gasteiger charge is 2.17. The molecule has 1 N–H and O–H groups in total. The van der Waals surface area contributed by atoms with Gasteiger partial charge in [-0.25, -0.2) is 0 Å². The molecule has 1 unspecified atom stereocenters. The topological polar surface area (TPSA) is 38.8 Å². The lowest BCUT2D eigenvalue weighted by Crippen LogP contribution is -2.45. The minimum atomic E-state index is 0.0371. The van der Waals surface area contributed by atoms with Crippen molar-refractivity contribution in [1.29, 1.82) is 0 Å². The van der Waals surface area contributed by atoms with Crippen molar-refractivity contribution in [3.8, 4) is 0 Å². The molecular formula is C24H34N4O. The van der Waals surface area contributed by atoms with Crippen molar-refractivity contribution < 1.29 is 4.79 Å². The maximum absolute atomic E-state index is 12.2. The summed E-state index contributed by atoms with van der Waals surface area (Å²) in [5, 5.41) is 3.01. The predicted molar refractivity (Wildman–Crippen MR) is 121 cm³/mol. The Morgan fingerprint density at radius 2 is 1.69 bits per heavy atom. The number of carbonyl (C=O) groups is 1. The number of hydrogen-bond acceptors (Lipinski definition) is 4. The number of amides is 1. The highest BCUT2D eigenvalue weighted by atomic mass is 16.2. The van der Waals surface area contributed by atoms with Crippen molar-refractivity contribution in [3.63, 3.8) is 0 Å². The summed E-state index contributed by atoms with van der Waals surface area (Å²) in [6.45, 7) is 9.90. The zero-order valence-corrected chi connectivity index (χ0v) is 18.0. The van der Waals surface area contributed by atoms with E-state index in [2.05, 4.69) is 76.3 Å². The molecule has 3 rings (SSSR count). The summed E-state index contributed by atoms with van der Waals surface area (Å²) in [4.78, 5) is 19.3. The summed E-state index contributed by atoms with van der Waals surface area (Å²) in [6.07, 6.45) is 1.04. The molecule has 1 fully saturated rings. The lowest BCUT2D eigenvalue weighted by Gasteiger charge is -2.36. The van der Waals surface area contributed by atoms with E-state index in [0.29, 0.717) is 12.6 Å². The van der Waals surface area contributed by atoms with Crippen LogP contribution in [0.25, 0.3) is 0 Å². The van der Waals surface area contributed by atoms with Crippen LogP contribution >= 0.6 is 0 Å². The maximum atomic E-state index is 12.2. The number of piperazine rings is 1. The Morgan fingerprint density at radius 1 is 1.03 bits per heavy atom. The van der Waals surface area contributed by atoms with E-state index in [4.69, 9.17) is 0 Å². The molecule has 2 aromatic carbocycles. The van der Waals surface area contributed by atoms with Crippen molar-refractivity contribution >= 4 is 17.3 Å². The lowest BCUT2D eigenvalue weighted by atomic mass is 10.2. The van der Waals surface area contributed by atoms with Crippen LogP contribution in [0.2, 0.25) is 0 Å². The number of nitrogens with zero attached hydrogens (tertiary/aromatic N) is 3. The van der Waals surface area contributed by atoms with Gasteiger partial charge in [-0.1, -0.05) is 37.3 Å². The number of hydrogen-bond donors (Lipinski definition) is 1. The average molecular weight is 395 g/mol.